The third kappa shape index (κ3) is 4.95. The van der Waals surface area contributed by atoms with Crippen molar-refractivity contribution < 1.29 is 22.7 Å². The van der Waals surface area contributed by atoms with Gasteiger partial charge in [0.05, 0.1) is 4.32 Å². The van der Waals surface area contributed by atoms with Gasteiger partial charge in [0.2, 0.25) is 5.91 Å². The molecule has 18 heavy (non-hydrogen) atoms. The van der Waals surface area contributed by atoms with E-state index in [2.05, 4.69) is 26.0 Å². The van der Waals surface area contributed by atoms with E-state index in [1.165, 1.54) is 12.1 Å². The van der Waals surface area contributed by atoms with Gasteiger partial charge in [0, 0.05) is 5.69 Å². The molecule has 0 spiro atoms. The molecule has 0 saturated heterocycles. The minimum atomic E-state index is -4.72. The lowest BCUT2D eigenvalue weighted by atomic mass is 10.2. The van der Waals surface area contributed by atoms with Crippen molar-refractivity contribution in [1.29, 1.82) is 0 Å². The molecule has 0 bridgehead atoms. The largest absolute Gasteiger partial charge is 0.573 e. The number of hydrogen-bond acceptors (Lipinski definition) is 2. The molecule has 0 radical (unpaired) electrons. The quantitative estimate of drug-likeness (QED) is 0.860. The lowest BCUT2D eigenvalue weighted by molar-refractivity contribution is -0.274. The highest BCUT2D eigenvalue weighted by atomic mass is 79.9. The number of alkyl halides is 4. The molecule has 0 aliphatic heterocycles. The van der Waals surface area contributed by atoms with Crippen molar-refractivity contribution in [3.05, 3.63) is 24.3 Å². The van der Waals surface area contributed by atoms with Gasteiger partial charge in [-0.05, 0) is 38.1 Å². The molecule has 1 amide bonds. The summed E-state index contributed by atoms with van der Waals surface area (Å²) in [5.74, 6) is -0.634. The first-order valence-corrected chi connectivity index (χ1v) is 5.73. The van der Waals surface area contributed by atoms with Crippen LogP contribution in [0.4, 0.5) is 18.9 Å². The Labute approximate surface area is 110 Å². The van der Waals surface area contributed by atoms with Gasteiger partial charge in [0.25, 0.3) is 0 Å². The van der Waals surface area contributed by atoms with Crippen LogP contribution in [-0.2, 0) is 4.79 Å². The van der Waals surface area contributed by atoms with Crippen molar-refractivity contribution >= 4 is 27.5 Å². The first-order valence-electron chi connectivity index (χ1n) is 4.94. The lowest BCUT2D eigenvalue weighted by Gasteiger charge is -2.16. The molecule has 0 unspecified atom stereocenters. The fraction of sp³-hybridized carbons (Fsp3) is 0.364. The number of carbonyl (C=O) groups excluding carboxylic acids is 1. The number of halogens is 4. The fourth-order valence-electron chi connectivity index (χ4n) is 1.02. The second kappa shape index (κ2) is 5.17. The van der Waals surface area contributed by atoms with Gasteiger partial charge in [-0.3, -0.25) is 4.79 Å². The topological polar surface area (TPSA) is 38.3 Å². The average molecular weight is 326 g/mol. The molecule has 0 fully saturated rings. The Morgan fingerprint density at radius 1 is 1.22 bits per heavy atom. The summed E-state index contributed by atoms with van der Waals surface area (Å²) in [6.07, 6.45) is -4.72. The van der Waals surface area contributed by atoms with E-state index in [1.54, 1.807) is 13.8 Å². The standard InChI is InChI=1S/C11H11BrF3NO2/c1-10(2,12)9(17)16-7-3-5-8(6-4-7)18-11(13,14)15/h3-6H,1-2H3,(H,16,17). The molecule has 0 aromatic heterocycles. The molecule has 0 aliphatic rings. The van der Waals surface area contributed by atoms with Crippen LogP contribution in [0.3, 0.4) is 0 Å². The number of rotatable bonds is 3. The zero-order chi connectivity index (χ0) is 14.0. The molecular formula is C11H11BrF3NO2. The van der Waals surface area contributed by atoms with E-state index in [0.717, 1.165) is 12.1 Å². The predicted molar refractivity (Wildman–Crippen MR) is 64.8 cm³/mol. The van der Waals surface area contributed by atoms with Gasteiger partial charge in [-0.2, -0.15) is 0 Å². The summed E-state index contributed by atoms with van der Waals surface area (Å²) >= 11 is 3.17. The summed E-state index contributed by atoms with van der Waals surface area (Å²) in [4.78, 5) is 11.6. The Morgan fingerprint density at radius 3 is 2.11 bits per heavy atom. The van der Waals surface area contributed by atoms with Crippen molar-refractivity contribution in [3.8, 4) is 5.75 Å². The lowest BCUT2D eigenvalue weighted by Crippen LogP contribution is -2.30. The number of ether oxygens (including phenoxy) is 1. The van der Waals surface area contributed by atoms with Crippen molar-refractivity contribution in [1.82, 2.24) is 0 Å². The zero-order valence-corrected chi connectivity index (χ0v) is 11.2. The Morgan fingerprint density at radius 2 is 1.72 bits per heavy atom. The van der Waals surface area contributed by atoms with Crippen molar-refractivity contribution in [2.75, 3.05) is 5.32 Å². The Balaban J connectivity index is 2.70. The van der Waals surface area contributed by atoms with E-state index < -0.39 is 10.7 Å². The van der Waals surface area contributed by atoms with Crippen LogP contribution in [0, 0.1) is 0 Å². The van der Waals surface area contributed by atoms with Gasteiger partial charge < -0.3 is 10.1 Å². The second-order valence-electron chi connectivity index (χ2n) is 4.00. The summed E-state index contributed by atoms with van der Waals surface area (Å²) in [5, 5.41) is 2.55. The van der Waals surface area contributed by atoms with E-state index in [-0.39, 0.29) is 11.7 Å². The Bertz CT molecular complexity index is 423. The number of anilines is 1. The van der Waals surface area contributed by atoms with Crippen molar-refractivity contribution in [2.45, 2.75) is 24.5 Å². The third-order valence-electron chi connectivity index (χ3n) is 1.89. The molecule has 1 N–H and O–H groups in total. The third-order valence-corrected chi connectivity index (χ3v) is 2.25. The smallest absolute Gasteiger partial charge is 0.406 e. The monoisotopic (exact) mass is 325 g/mol. The Hall–Kier alpha value is -1.24. The highest BCUT2D eigenvalue weighted by molar-refractivity contribution is 9.10. The molecule has 7 heteroatoms. The summed E-state index contributed by atoms with van der Waals surface area (Å²) in [6, 6.07) is 4.92. The zero-order valence-electron chi connectivity index (χ0n) is 9.64. The van der Waals surface area contributed by atoms with Gasteiger partial charge in [-0.15, -0.1) is 13.2 Å². The molecule has 100 valence electrons. The van der Waals surface area contributed by atoms with E-state index in [9.17, 15) is 18.0 Å². The van der Waals surface area contributed by atoms with Gasteiger partial charge in [-0.25, -0.2) is 0 Å². The number of amides is 1. The SMILES string of the molecule is CC(C)(Br)C(=O)Nc1ccc(OC(F)(F)F)cc1. The van der Waals surface area contributed by atoms with Crippen LogP contribution < -0.4 is 10.1 Å². The van der Waals surface area contributed by atoms with E-state index in [0.29, 0.717) is 5.69 Å². The first kappa shape index (κ1) is 14.8. The van der Waals surface area contributed by atoms with Gasteiger partial charge in [0.1, 0.15) is 5.75 Å². The van der Waals surface area contributed by atoms with Crippen molar-refractivity contribution in [3.63, 3.8) is 0 Å². The average Bonchev–Trinajstić information content (AvgIpc) is 2.17. The molecule has 3 nitrogen and oxygen atoms in total. The normalized spacial score (nSPS) is 12.1. The van der Waals surface area contributed by atoms with Crippen LogP contribution in [0.1, 0.15) is 13.8 Å². The van der Waals surface area contributed by atoms with Crippen LogP contribution in [0.15, 0.2) is 24.3 Å². The van der Waals surface area contributed by atoms with Gasteiger partial charge >= 0.3 is 6.36 Å². The summed E-state index contributed by atoms with van der Waals surface area (Å²) < 4.78 is 38.7. The summed E-state index contributed by atoms with van der Waals surface area (Å²) in [5.41, 5.74) is 0.391. The Kier molecular flexibility index (Phi) is 4.26. The van der Waals surface area contributed by atoms with Crippen LogP contribution in [-0.4, -0.2) is 16.6 Å². The first-order chi connectivity index (χ1) is 8.08. The van der Waals surface area contributed by atoms with Gasteiger partial charge in [0.15, 0.2) is 0 Å². The summed E-state index contributed by atoms with van der Waals surface area (Å²) in [7, 11) is 0. The van der Waals surface area contributed by atoms with Crippen LogP contribution in [0.2, 0.25) is 0 Å². The molecule has 1 rings (SSSR count). The number of hydrogen-bond donors (Lipinski definition) is 1. The molecule has 0 aliphatic carbocycles. The van der Waals surface area contributed by atoms with Crippen LogP contribution >= 0.6 is 15.9 Å². The molecule has 1 aromatic carbocycles. The highest BCUT2D eigenvalue weighted by Gasteiger charge is 2.31. The maximum Gasteiger partial charge on any atom is 0.573 e. The van der Waals surface area contributed by atoms with E-state index in [4.69, 9.17) is 0 Å². The molecule has 1 aromatic rings. The second-order valence-corrected chi connectivity index (χ2v) is 5.98. The molecule has 0 saturated carbocycles. The predicted octanol–water partition coefficient (Wildman–Crippen LogP) is 3.70. The maximum absolute atomic E-state index is 11.9. The minimum Gasteiger partial charge on any atom is -0.406 e. The minimum absolute atomic E-state index is 0.299. The number of carbonyl (C=O) groups is 1. The van der Waals surface area contributed by atoms with Crippen LogP contribution in [0.5, 0.6) is 5.75 Å². The van der Waals surface area contributed by atoms with Gasteiger partial charge in [-0.1, -0.05) is 15.9 Å². The highest BCUT2D eigenvalue weighted by Crippen LogP contribution is 2.25. The summed E-state index contributed by atoms with van der Waals surface area (Å²) in [6.45, 7) is 3.31. The van der Waals surface area contributed by atoms with E-state index >= 15 is 0 Å². The molecule has 0 heterocycles. The fourth-order valence-corrected chi connectivity index (χ4v) is 1.12. The van der Waals surface area contributed by atoms with E-state index in [1.807, 2.05) is 0 Å². The van der Waals surface area contributed by atoms with Crippen molar-refractivity contribution in [2.24, 2.45) is 0 Å². The molecular weight excluding hydrogens is 315 g/mol. The molecule has 0 atom stereocenters. The number of nitrogens with one attached hydrogen (secondary N) is 1. The van der Waals surface area contributed by atoms with Crippen LogP contribution in [0.25, 0.3) is 0 Å². The number of benzene rings is 1. The maximum atomic E-state index is 11.9.